The third-order valence-electron chi connectivity index (χ3n) is 3.56. The third-order valence-corrected chi connectivity index (χ3v) is 5.43. The van der Waals surface area contributed by atoms with Crippen molar-refractivity contribution < 1.29 is 17.9 Å². The van der Waals surface area contributed by atoms with E-state index in [2.05, 4.69) is 11.9 Å². The van der Waals surface area contributed by atoms with Gasteiger partial charge in [-0.15, -0.1) is 6.58 Å². The highest BCUT2D eigenvalue weighted by Crippen LogP contribution is 2.26. The molecule has 126 valence electrons. The van der Waals surface area contributed by atoms with Crippen LogP contribution in [0.25, 0.3) is 0 Å². The topological polar surface area (TPSA) is 75.7 Å². The summed E-state index contributed by atoms with van der Waals surface area (Å²) >= 11 is 0. The average molecular weight is 338 g/mol. The van der Waals surface area contributed by atoms with Gasteiger partial charge < -0.3 is 10.1 Å². The van der Waals surface area contributed by atoms with Crippen LogP contribution in [0.3, 0.4) is 0 Å². The van der Waals surface area contributed by atoms with Crippen molar-refractivity contribution in [2.75, 3.05) is 28.5 Å². The van der Waals surface area contributed by atoms with E-state index in [1.54, 1.807) is 37.3 Å². The fraction of sp³-hybridized carbons (Fsp3) is 0.438. The van der Waals surface area contributed by atoms with Crippen molar-refractivity contribution >= 4 is 27.3 Å². The number of sulfonamides is 1. The van der Waals surface area contributed by atoms with E-state index in [1.807, 2.05) is 0 Å². The van der Waals surface area contributed by atoms with Crippen LogP contribution in [0.1, 0.15) is 19.8 Å². The Kier molecular flexibility index (Phi) is 5.79. The Morgan fingerprint density at radius 3 is 2.96 bits per heavy atom. The van der Waals surface area contributed by atoms with Crippen LogP contribution in [0.15, 0.2) is 36.9 Å². The number of carbonyl (C=O) groups excluding carboxylic acids is 1. The Hall–Kier alpha value is -1.86. The van der Waals surface area contributed by atoms with E-state index in [-0.39, 0.29) is 11.7 Å². The number of nitrogens with zero attached hydrogens (tertiary/aromatic N) is 1. The predicted molar refractivity (Wildman–Crippen MR) is 91.0 cm³/mol. The number of rotatable bonds is 7. The van der Waals surface area contributed by atoms with Gasteiger partial charge in [-0.05, 0) is 38.0 Å². The van der Waals surface area contributed by atoms with Crippen molar-refractivity contribution in [3.8, 4) is 0 Å². The minimum Gasteiger partial charge on any atom is -0.368 e. The molecule has 6 nitrogen and oxygen atoms in total. The van der Waals surface area contributed by atoms with Crippen LogP contribution in [-0.4, -0.2) is 39.3 Å². The van der Waals surface area contributed by atoms with Crippen molar-refractivity contribution in [2.45, 2.75) is 25.9 Å². The maximum Gasteiger partial charge on any atom is 0.253 e. The highest BCUT2D eigenvalue weighted by Gasteiger charge is 2.28. The summed E-state index contributed by atoms with van der Waals surface area (Å²) in [4.78, 5) is 12.1. The van der Waals surface area contributed by atoms with Gasteiger partial charge in [0.2, 0.25) is 10.0 Å². The number of hydrogen-bond donors (Lipinski definition) is 1. The van der Waals surface area contributed by atoms with Crippen molar-refractivity contribution in [2.24, 2.45) is 0 Å². The number of hydrogen-bond acceptors (Lipinski definition) is 4. The van der Waals surface area contributed by atoms with Crippen LogP contribution in [0, 0.1) is 0 Å². The zero-order valence-electron chi connectivity index (χ0n) is 13.2. The molecule has 0 saturated carbocycles. The molecule has 1 fully saturated rings. The van der Waals surface area contributed by atoms with Gasteiger partial charge in [-0.2, -0.15) is 0 Å². The van der Waals surface area contributed by atoms with Crippen LogP contribution < -0.4 is 9.62 Å². The molecular formula is C16H22N2O4S. The van der Waals surface area contributed by atoms with Crippen LogP contribution in [0.4, 0.5) is 11.4 Å². The van der Waals surface area contributed by atoms with E-state index >= 15 is 0 Å². The van der Waals surface area contributed by atoms with Gasteiger partial charge in [-0.25, -0.2) is 8.42 Å². The number of amides is 1. The van der Waals surface area contributed by atoms with Crippen molar-refractivity contribution in [1.29, 1.82) is 0 Å². The van der Waals surface area contributed by atoms with Crippen molar-refractivity contribution in [1.82, 2.24) is 0 Å². The minimum atomic E-state index is -3.23. The number of ether oxygens (including phenoxy) is 1. The second kappa shape index (κ2) is 7.61. The van der Waals surface area contributed by atoms with E-state index in [4.69, 9.17) is 4.74 Å². The molecule has 1 heterocycles. The van der Waals surface area contributed by atoms with Gasteiger partial charge in [0.15, 0.2) is 0 Å². The van der Waals surface area contributed by atoms with E-state index in [1.165, 1.54) is 4.31 Å². The van der Waals surface area contributed by atoms with Gasteiger partial charge in [0, 0.05) is 12.2 Å². The quantitative estimate of drug-likeness (QED) is 0.610. The Morgan fingerprint density at radius 2 is 2.30 bits per heavy atom. The molecule has 0 spiro atoms. The summed E-state index contributed by atoms with van der Waals surface area (Å²) in [5.74, 6) is -0.104. The van der Waals surface area contributed by atoms with Gasteiger partial charge in [-0.1, -0.05) is 12.1 Å². The lowest BCUT2D eigenvalue weighted by Crippen LogP contribution is -2.28. The first kappa shape index (κ1) is 17.5. The van der Waals surface area contributed by atoms with Crippen molar-refractivity contribution in [3.63, 3.8) is 0 Å². The molecule has 23 heavy (non-hydrogen) atoms. The molecule has 7 heteroatoms. The van der Waals surface area contributed by atoms with Gasteiger partial charge in [-0.3, -0.25) is 9.10 Å². The van der Waals surface area contributed by atoms with Gasteiger partial charge in [0.05, 0.1) is 18.0 Å². The molecule has 0 bridgehead atoms. The highest BCUT2D eigenvalue weighted by atomic mass is 32.2. The summed E-state index contributed by atoms with van der Waals surface area (Å²) in [7, 11) is -3.23. The Labute approximate surface area is 137 Å². The fourth-order valence-corrected chi connectivity index (χ4v) is 3.87. The highest BCUT2D eigenvalue weighted by molar-refractivity contribution is 7.93. The van der Waals surface area contributed by atoms with E-state index in [0.717, 1.165) is 0 Å². The maximum atomic E-state index is 12.1. The summed E-state index contributed by atoms with van der Waals surface area (Å²) in [6.07, 6.45) is 2.44. The number of carbonyl (C=O) groups is 1. The molecule has 0 radical (unpaired) electrons. The van der Waals surface area contributed by atoms with E-state index < -0.39 is 16.1 Å². The second-order valence-corrected chi connectivity index (χ2v) is 7.38. The number of anilines is 2. The van der Waals surface area contributed by atoms with Crippen LogP contribution >= 0.6 is 0 Å². The van der Waals surface area contributed by atoms with Gasteiger partial charge in [0.1, 0.15) is 6.10 Å². The first-order chi connectivity index (χ1) is 10.9. The molecule has 2 rings (SSSR count). The molecule has 1 atom stereocenters. The molecule has 1 aromatic carbocycles. The summed E-state index contributed by atoms with van der Waals surface area (Å²) in [5.41, 5.74) is 1.12. The molecule has 1 saturated heterocycles. The minimum absolute atomic E-state index is 0.164. The summed E-state index contributed by atoms with van der Waals surface area (Å²) in [6, 6.07) is 6.84. The third kappa shape index (κ3) is 4.56. The number of nitrogens with one attached hydrogen (secondary N) is 1. The molecule has 1 unspecified atom stereocenters. The maximum absolute atomic E-state index is 12.1. The Morgan fingerprint density at radius 1 is 1.52 bits per heavy atom. The largest absolute Gasteiger partial charge is 0.368 e. The molecule has 0 aliphatic carbocycles. The van der Waals surface area contributed by atoms with Crippen molar-refractivity contribution in [3.05, 3.63) is 36.9 Å². The van der Waals surface area contributed by atoms with Crippen LogP contribution in [0.5, 0.6) is 0 Å². The van der Waals surface area contributed by atoms with E-state index in [9.17, 15) is 13.2 Å². The Balaban J connectivity index is 2.02. The first-order valence-electron chi connectivity index (χ1n) is 7.58. The molecule has 0 aromatic heterocycles. The smallest absolute Gasteiger partial charge is 0.253 e. The predicted octanol–water partition coefficient (Wildman–Crippen LogP) is 2.15. The Bertz CT molecular complexity index is 672. The van der Waals surface area contributed by atoms with Gasteiger partial charge >= 0.3 is 0 Å². The lowest BCUT2D eigenvalue weighted by Gasteiger charge is -2.18. The zero-order chi connectivity index (χ0) is 16.9. The number of benzene rings is 1. The second-order valence-electron chi connectivity index (χ2n) is 5.37. The van der Waals surface area contributed by atoms with Crippen LogP contribution in [-0.2, 0) is 19.6 Å². The zero-order valence-corrected chi connectivity index (χ0v) is 14.0. The first-order valence-corrected chi connectivity index (χ1v) is 9.19. The SMILES string of the molecule is C=CCCOC(C)C(=O)Nc1cccc(N2CCCS2(=O)=O)c1. The monoisotopic (exact) mass is 338 g/mol. The molecule has 1 aromatic rings. The van der Waals surface area contributed by atoms with E-state index in [0.29, 0.717) is 37.4 Å². The summed E-state index contributed by atoms with van der Waals surface area (Å²) < 4.78 is 30.7. The molecule has 1 amide bonds. The lowest BCUT2D eigenvalue weighted by molar-refractivity contribution is -0.126. The van der Waals surface area contributed by atoms with Crippen LogP contribution in [0.2, 0.25) is 0 Å². The normalized spacial score (nSPS) is 17.7. The molecule has 1 aliphatic rings. The summed E-state index contributed by atoms with van der Waals surface area (Å²) in [5, 5.41) is 2.75. The van der Waals surface area contributed by atoms with Gasteiger partial charge in [0.25, 0.3) is 5.91 Å². The fourth-order valence-electron chi connectivity index (χ4n) is 2.32. The molecule has 1 aliphatic heterocycles. The molecule has 1 N–H and O–H groups in total. The molecular weight excluding hydrogens is 316 g/mol. The standard InChI is InChI=1S/C16H22N2O4S/c1-3-4-10-22-13(2)16(19)17-14-7-5-8-15(12-14)18-9-6-11-23(18,20)21/h3,5,7-8,12-13H,1,4,6,9-11H2,2H3,(H,17,19). The summed E-state index contributed by atoms with van der Waals surface area (Å²) in [6.45, 7) is 6.18. The lowest BCUT2D eigenvalue weighted by atomic mass is 10.2. The average Bonchev–Trinajstić information content (AvgIpc) is 2.87.